The van der Waals surface area contributed by atoms with Gasteiger partial charge in [-0.05, 0) is 41.9 Å². The van der Waals surface area contributed by atoms with Gasteiger partial charge in [-0.3, -0.25) is 4.79 Å². The molecule has 0 aliphatic rings. The van der Waals surface area contributed by atoms with E-state index < -0.39 is 0 Å². The maximum atomic E-state index is 12.0. The summed E-state index contributed by atoms with van der Waals surface area (Å²) in [6.45, 7) is 5.16. The van der Waals surface area contributed by atoms with Crippen molar-refractivity contribution in [3.05, 3.63) is 60.1 Å². The predicted molar refractivity (Wildman–Crippen MR) is 88.5 cm³/mol. The zero-order valence-electron chi connectivity index (χ0n) is 13.4. The monoisotopic (exact) mass is 299 g/mol. The van der Waals surface area contributed by atoms with Gasteiger partial charge in [0.15, 0.2) is 0 Å². The van der Waals surface area contributed by atoms with Crippen molar-refractivity contribution in [3.63, 3.8) is 0 Å². The third-order valence-electron chi connectivity index (χ3n) is 4.07. The minimum absolute atomic E-state index is 0.111. The van der Waals surface area contributed by atoms with Gasteiger partial charge < -0.3 is 9.73 Å². The van der Waals surface area contributed by atoms with Gasteiger partial charge in [-0.1, -0.05) is 44.2 Å². The second-order valence-electron chi connectivity index (χ2n) is 6.13. The Balaban J connectivity index is 1.77. The maximum Gasteiger partial charge on any atom is 0.220 e. The van der Waals surface area contributed by atoms with Crippen LogP contribution in [0.25, 0.3) is 0 Å². The predicted octanol–water partition coefficient (Wildman–Crippen LogP) is 3.84. The van der Waals surface area contributed by atoms with E-state index in [4.69, 9.17) is 4.42 Å². The van der Waals surface area contributed by atoms with Crippen molar-refractivity contribution >= 4 is 5.91 Å². The van der Waals surface area contributed by atoms with Gasteiger partial charge in [0, 0.05) is 13.0 Å². The Bertz CT molecular complexity index is 546. The molecule has 0 saturated heterocycles. The molecule has 0 bridgehead atoms. The van der Waals surface area contributed by atoms with Crippen LogP contribution in [0.2, 0.25) is 0 Å². The van der Waals surface area contributed by atoms with Crippen LogP contribution in [0.4, 0.5) is 0 Å². The lowest BCUT2D eigenvalue weighted by molar-refractivity contribution is -0.121. The number of hydrogen-bond acceptors (Lipinski definition) is 2. The number of amides is 1. The van der Waals surface area contributed by atoms with Crippen molar-refractivity contribution in [1.29, 1.82) is 0 Å². The highest BCUT2D eigenvalue weighted by Gasteiger charge is 2.15. The number of benzene rings is 1. The Hall–Kier alpha value is -2.03. The number of carbonyl (C=O) groups is 1. The molecule has 1 aromatic carbocycles. The van der Waals surface area contributed by atoms with Gasteiger partial charge in [0.25, 0.3) is 0 Å². The van der Waals surface area contributed by atoms with Gasteiger partial charge in [-0.25, -0.2) is 0 Å². The molecule has 3 heteroatoms. The van der Waals surface area contributed by atoms with Crippen molar-refractivity contribution in [2.45, 2.75) is 33.1 Å². The molecule has 0 aliphatic carbocycles. The Morgan fingerprint density at radius 2 is 1.91 bits per heavy atom. The lowest BCUT2D eigenvalue weighted by Gasteiger charge is -2.21. The molecule has 0 radical (unpaired) electrons. The lowest BCUT2D eigenvalue weighted by atomic mass is 9.89. The quantitative estimate of drug-likeness (QED) is 0.804. The molecule has 1 atom stereocenters. The summed E-state index contributed by atoms with van der Waals surface area (Å²) >= 11 is 0. The topological polar surface area (TPSA) is 42.2 Å². The number of nitrogens with one attached hydrogen (secondary N) is 1. The molecule has 0 fully saturated rings. The summed E-state index contributed by atoms with van der Waals surface area (Å²) in [6.07, 6.45) is 5.57. The molecule has 2 rings (SSSR count). The Labute approximate surface area is 132 Å². The summed E-state index contributed by atoms with van der Waals surface area (Å²) in [5.74, 6) is 1.11. The first kappa shape index (κ1) is 16.3. The summed E-state index contributed by atoms with van der Waals surface area (Å²) < 4.78 is 5.01. The Kier molecular flexibility index (Phi) is 6.26. The molecule has 22 heavy (non-hydrogen) atoms. The van der Waals surface area contributed by atoms with E-state index in [-0.39, 0.29) is 5.91 Å². The molecular formula is C19H25NO2. The van der Waals surface area contributed by atoms with Crippen LogP contribution in [0, 0.1) is 11.8 Å². The van der Waals surface area contributed by atoms with E-state index in [1.807, 2.05) is 12.1 Å². The summed E-state index contributed by atoms with van der Waals surface area (Å²) in [5, 5.41) is 3.08. The largest absolute Gasteiger partial charge is 0.472 e. The van der Waals surface area contributed by atoms with Crippen LogP contribution in [-0.2, 0) is 17.6 Å². The molecule has 1 N–H and O–H groups in total. The van der Waals surface area contributed by atoms with Gasteiger partial charge in [0.05, 0.1) is 12.5 Å². The molecule has 1 heterocycles. The molecule has 0 spiro atoms. The molecule has 1 amide bonds. The number of hydrogen-bond donors (Lipinski definition) is 1. The third-order valence-corrected chi connectivity index (χ3v) is 4.07. The number of furan rings is 1. The van der Waals surface area contributed by atoms with Crippen LogP contribution < -0.4 is 5.32 Å². The number of carbonyl (C=O) groups excluding carboxylic acids is 1. The van der Waals surface area contributed by atoms with Crippen molar-refractivity contribution in [2.75, 3.05) is 6.54 Å². The highest BCUT2D eigenvalue weighted by atomic mass is 16.3. The summed E-state index contributed by atoms with van der Waals surface area (Å²) in [5.41, 5.74) is 2.40. The molecule has 0 saturated carbocycles. The second kappa shape index (κ2) is 8.42. The van der Waals surface area contributed by atoms with Crippen molar-refractivity contribution in [3.8, 4) is 0 Å². The average Bonchev–Trinajstić information content (AvgIpc) is 3.03. The van der Waals surface area contributed by atoms with Crippen molar-refractivity contribution < 1.29 is 9.21 Å². The maximum absolute atomic E-state index is 12.0. The van der Waals surface area contributed by atoms with Crippen molar-refractivity contribution in [1.82, 2.24) is 5.32 Å². The van der Waals surface area contributed by atoms with E-state index in [2.05, 4.69) is 43.4 Å². The average molecular weight is 299 g/mol. The summed E-state index contributed by atoms with van der Waals surface area (Å²) in [4.78, 5) is 12.0. The normalized spacial score (nSPS) is 12.3. The first-order valence-electron chi connectivity index (χ1n) is 7.97. The van der Waals surface area contributed by atoms with Crippen molar-refractivity contribution in [2.24, 2.45) is 11.8 Å². The van der Waals surface area contributed by atoms with Crippen LogP contribution in [0.1, 0.15) is 31.4 Å². The van der Waals surface area contributed by atoms with Gasteiger partial charge >= 0.3 is 0 Å². The van der Waals surface area contributed by atoms with Gasteiger partial charge in [0.2, 0.25) is 5.91 Å². The fourth-order valence-corrected chi connectivity index (χ4v) is 2.49. The molecule has 1 aromatic heterocycles. The molecule has 2 aromatic rings. The molecule has 3 nitrogen and oxygen atoms in total. The van der Waals surface area contributed by atoms with E-state index in [0.29, 0.717) is 18.3 Å². The van der Waals surface area contributed by atoms with E-state index >= 15 is 0 Å². The first-order chi connectivity index (χ1) is 10.6. The van der Waals surface area contributed by atoms with E-state index in [9.17, 15) is 4.79 Å². The SMILES string of the molecule is CC(C)[C@H](CNC(=O)CCc1ccoc1)Cc1ccccc1. The fourth-order valence-electron chi connectivity index (χ4n) is 2.49. The van der Waals surface area contributed by atoms with E-state index in [1.165, 1.54) is 5.56 Å². The zero-order chi connectivity index (χ0) is 15.8. The molecule has 0 aliphatic heterocycles. The van der Waals surface area contributed by atoms with Gasteiger partial charge in [0.1, 0.15) is 0 Å². The van der Waals surface area contributed by atoms with Crippen LogP contribution >= 0.6 is 0 Å². The van der Waals surface area contributed by atoms with E-state index in [1.54, 1.807) is 12.5 Å². The van der Waals surface area contributed by atoms with Crippen LogP contribution in [0.3, 0.4) is 0 Å². The highest BCUT2D eigenvalue weighted by Crippen LogP contribution is 2.16. The Morgan fingerprint density at radius 1 is 1.14 bits per heavy atom. The minimum Gasteiger partial charge on any atom is -0.472 e. The molecule has 0 unspecified atom stereocenters. The summed E-state index contributed by atoms with van der Waals surface area (Å²) in [7, 11) is 0. The van der Waals surface area contributed by atoms with Crippen LogP contribution in [0.15, 0.2) is 53.3 Å². The Morgan fingerprint density at radius 3 is 2.55 bits per heavy atom. The minimum atomic E-state index is 0.111. The van der Waals surface area contributed by atoms with E-state index in [0.717, 1.165) is 24.9 Å². The smallest absolute Gasteiger partial charge is 0.220 e. The standard InChI is InChI=1S/C19H25NO2/c1-15(2)18(12-16-6-4-3-5-7-16)13-20-19(21)9-8-17-10-11-22-14-17/h3-7,10-11,14-15,18H,8-9,12-13H2,1-2H3,(H,20,21)/t18-/m0/s1. The number of aryl methyl sites for hydroxylation is 1. The van der Waals surface area contributed by atoms with Crippen LogP contribution in [0.5, 0.6) is 0 Å². The zero-order valence-corrected chi connectivity index (χ0v) is 13.4. The third kappa shape index (κ3) is 5.40. The lowest BCUT2D eigenvalue weighted by Crippen LogP contribution is -2.32. The first-order valence-corrected chi connectivity index (χ1v) is 7.97. The number of rotatable bonds is 8. The highest BCUT2D eigenvalue weighted by molar-refractivity contribution is 5.76. The van der Waals surface area contributed by atoms with Gasteiger partial charge in [-0.2, -0.15) is 0 Å². The van der Waals surface area contributed by atoms with Crippen LogP contribution in [-0.4, -0.2) is 12.5 Å². The molecule has 118 valence electrons. The summed E-state index contributed by atoms with van der Waals surface area (Å²) in [6, 6.07) is 12.4. The molecular weight excluding hydrogens is 274 g/mol. The second-order valence-corrected chi connectivity index (χ2v) is 6.13. The van der Waals surface area contributed by atoms with Gasteiger partial charge in [-0.15, -0.1) is 0 Å². The fraction of sp³-hybridized carbons (Fsp3) is 0.421.